The highest BCUT2D eigenvalue weighted by molar-refractivity contribution is 5.94. The number of nitrogens with one attached hydrogen (secondary N) is 2. The van der Waals surface area contributed by atoms with E-state index in [9.17, 15) is 9.59 Å². The molecule has 0 radical (unpaired) electrons. The number of ketones is 1. The van der Waals surface area contributed by atoms with E-state index >= 15 is 0 Å². The molecule has 0 spiro atoms. The molecule has 0 aliphatic carbocycles. The van der Waals surface area contributed by atoms with Gasteiger partial charge in [0.25, 0.3) is 0 Å². The van der Waals surface area contributed by atoms with Crippen LogP contribution in [0.4, 0.5) is 0 Å². The molecule has 2 fully saturated rings. The van der Waals surface area contributed by atoms with E-state index in [4.69, 9.17) is 4.74 Å². The molecule has 138 valence electrons. The molecule has 2 aliphatic heterocycles. The molecule has 6 heteroatoms. The Kier molecular flexibility index (Phi) is 7.26. The number of rotatable bonds is 7. The van der Waals surface area contributed by atoms with Crippen LogP contribution in [-0.2, 0) is 4.79 Å². The van der Waals surface area contributed by atoms with E-state index in [1.165, 1.54) is 12.8 Å². The molecule has 2 heterocycles. The molecule has 1 amide bonds. The molecule has 0 saturated carbocycles. The first kappa shape index (κ1) is 19.7. The quantitative estimate of drug-likeness (QED) is 0.575. The summed E-state index contributed by atoms with van der Waals surface area (Å²) in [4.78, 5) is 23.3. The predicted molar refractivity (Wildman–Crippen MR) is 99.5 cm³/mol. The first-order valence-corrected chi connectivity index (χ1v) is 8.89. The molecule has 1 aromatic rings. The van der Waals surface area contributed by atoms with Crippen LogP contribution in [0.5, 0.6) is 5.75 Å². The van der Waals surface area contributed by atoms with Gasteiger partial charge in [0.15, 0.2) is 5.78 Å². The van der Waals surface area contributed by atoms with Crippen LogP contribution in [-0.4, -0.2) is 36.4 Å². The number of ether oxygens (including phenoxy) is 1. The Bertz CT molecular complexity index is 579. The maximum Gasteiger partial charge on any atom is 0.220 e. The summed E-state index contributed by atoms with van der Waals surface area (Å²) in [5.74, 6) is 0.900. The highest BCUT2D eigenvalue weighted by atomic mass is 35.5. The van der Waals surface area contributed by atoms with Crippen LogP contribution in [0.1, 0.15) is 55.8 Å². The van der Waals surface area contributed by atoms with Crippen molar-refractivity contribution in [3.8, 4) is 5.75 Å². The van der Waals surface area contributed by atoms with Crippen molar-refractivity contribution in [3.63, 3.8) is 0 Å². The molecule has 2 unspecified atom stereocenters. The van der Waals surface area contributed by atoms with Gasteiger partial charge >= 0.3 is 0 Å². The number of piperidine rings is 1. The Labute approximate surface area is 155 Å². The smallest absolute Gasteiger partial charge is 0.220 e. The highest BCUT2D eigenvalue weighted by Gasteiger charge is 2.33. The van der Waals surface area contributed by atoms with Crippen molar-refractivity contribution >= 4 is 24.1 Å². The summed E-state index contributed by atoms with van der Waals surface area (Å²) in [6.07, 6.45) is 5.78. The van der Waals surface area contributed by atoms with Crippen LogP contribution in [0.25, 0.3) is 0 Å². The zero-order chi connectivity index (χ0) is 16.9. The number of amides is 1. The van der Waals surface area contributed by atoms with E-state index in [1.54, 1.807) is 31.2 Å². The molecule has 2 aliphatic rings. The van der Waals surface area contributed by atoms with E-state index in [-0.39, 0.29) is 24.1 Å². The Balaban J connectivity index is 0.00000225. The fourth-order valence-corrected chi connectivity index (χ4v) is 3.68. The Morgan fingerprint density at radius 3 is 2.40 bits per heavy atom. The lowest BCUT2D eigenvalue weighted by atomic mass is 9.99. The molecular weight excluding hydrogens is 340 g/mol. The molecule has 2 bridgehead atoms. The minimum atomic E-state index is 0. The lowest BCUT2D eigenvalue weighted by Gasteiger charge is -2.29. The minimum Gasteiger partial charge on any atom is -0.494 e. The van der Waals surface area contributed by atoms with Gasteiger partial charge in [-0.25, -0.2) is 0 Å². The Morgan fingerprint density at radius 1 is 1.16 bits per heavy atom. The topological polar surface area (TPSA) is 67.4 Å². The van der Waals surface area contributed by atoms with Crippen molar-refractivity contribution in [3.05, 3.63) is 29.8 Å². The summed E-state index contributed by atoms with van der Waals surface area (Å²) in [7, 11) is 0. The van der Waals surface area contributed by atoms with Crippen LogP contribution in [0, 0.1) is 0 Å². The summed E-state index contributed by atoms with van der Waals surface area (Å²) in [6.45, 7) is 2.05. The van der Waals surface area contributed by atoms with E-state index in [0.29, 0.717) is 43.1 Å². The van der Waals surface area contributed by atoms with E-state index < -0.39 is 0 Å². The Morgan fingerprint density at radius 2 is 1.80 bits per heavy atom. The first-order valence-electron chi connectivity index (χ1n) is 8.89. The number of benzene rings is 1. The summed E-state index contributed by atoms with van der Waals surface area (Å²) in [5.41, 5.74) is 0.678. The summed E-state index contributed by atoms with van der Waals surface area (Å²) >= 11 is 0. The second-order valence-corrected chi connectivity index (χ2v) is 6.91. The largest absolute Gasteiger partial charge is 0.494 e. The zero-order valence-corrected chi connectivity index (χ0v) is 15.4. The van der Waals surface area contributed by atoms with Gasteiger partial charge in [-0.15, -0.1) is 12.4 Å². The van der Waals surface area contributed by atoms with Crippen molar-refractivity contribution < 1.29 is 14.3 Å². The lowest BCUT2D eigenvalue weighted by Crippen LogP contribution is -2.48. The highest BCUT2D eigenvalue weighted by Crippen LogP contribution is 2.26. The molecule has 0 aromatic heterocycles. The van der Waals surface area contributed by atoms with Crippen molar-refractivity contribution in [2.45, 2.75) is 63.6 Å². The molecule has 5 nitrogen and oxygen atoms in total. The van der Waals surface area contributed by atoms with Gasteiger partial charge < -0.3 is 15.4 Å². The van der Waals surface area contributed by atoms with Gasteiger partial charge in [0, 0.05) is 30.1 Å². The number of hydrogen-bond donors (Lipinski definition) is 2. The molecule has 2 saturated heterocycles. The molecule has 2 N–H and O–H groups in total. The van der Waals surface area contributed by atoms with E-state index in [1.807, 2.05) is 0 Å². The van der Waals surface area contributed by atoms with E-state index in [0.717, 1.165) is 18.6 Å². The second kappa shape index (κ2) is 9.20. The average molecular weight is 367 g/mol. The molecule has 1 aromatic carbocycles. The maximum absolute atomic E-state index is 12.1. The fourth-order valence-electron chi connectivity index (χ4n) is 3.68. The van der Waals surface area contributed by atoms with Gasteiger partial charge in [0.2, 0.25) is 5.91 Å². The van der Waals surface area contributed by atoms with Gasteiger partial charge in [0.05, 0.1) is 6.61 Å². The number of carbonyl (C=O) groups is 2. The third-order valence-electron chi connectivity index (χ3n) is 4.92. The van der Waals surface area contributed by atoms with Crippen LogP contribution < -0.4 is 15.4 Å². The molecule has 3 rings (SSSR count). The maximum atomic E-state index is 12.1. The predicted octanol–water partition coefficient (Wildman–Crippen LogP) is 2.87. The molecule has 25 heavy (non-hydrogen) atoms. The monoisotopic (exact) mass is 366 g/mol. The van der Waals surface area contributed by atoms with Crippen LogP contribution in [0.2, 0.25) is 0 Å². The molecular formula is C19H27ClN2O3. The average Bonchev–Trinajstić information content (AvgIpc) is 2.90. The van der Waals surface area contributed by atoms with E-state index in [2.05, 4.69) is 10.6 Å². The van der Waals surface area contributed by atoms with Crippen molar-refractivity contribution in [1.82, 2.24) is 10.6 Å². The third-order valence-corrected chi connectivity index (χ3v) is 4.92. The summed E-state index contributed by atoms with van der Waals surface area (Å²) in [6, 6.07) is 8.62. The normalized spacial score (nSPS) is 24.3. The number of carbonyl (C=O) groups excluding carboxylic acids is 2. The number of Topliss-reactive ketones (excluding diaryl/α,β-unsaturated/α-hetero) is 1. The summed E-state index contributed by atoms with van der Waals surface area (Å²) in [5, 5.41) is 6.75. The van der Waals surface area contributed by atoms with Crippen molar-refractivity contribution in [2.75, 3.05) is 6.61 Å². The van der Waals surface area contributed by atoms with Gasteiger partial charge in [0.1, 0.15) is 5.75 Å². The zero-order valence-electron chi connectivity index (χ0n) is 14.6. The minimum absolute atomic E-state index is 0. The Hall–Kier alpha value is -1.59. The van der Waals surface area contributed by atoms with Gasteiger partial charge in [-0.1, -0.05) is 0 Å². The number of halogens is 1. The van der Waals surface area contributed by atoms with Gasteiger partial charge in [-0.05, 0) is 63.3 Å². The SMILES string of the molecule is CC(=O)c1ccc(OCCCC(=O)NC2CC3CCC(C2)N3)cc1.Cl. The van der Waals surface area contributed by atoms with Gasteiger partial charge in [-0.3, -0.25) is 9.59 Å². The second-order valence-electron chi connectivity index (χ2n) is 6.91. The van der Waals surface area contributed by atoms with Crippen molar-refractivity contribution in [1.29, 1.82) is 0 Å². The standard InChI is InChI=1S/C19H26N2O3.ClH/c1-13(22)14-4-8-18(9-5-14)24-10-2-3-19(23)21-17-11-15-6-7-16(12-17)20-15;/h4-5,8-9,15-17,20H,2-3,6-7,10-12H2,1H3,(H,21,23);1H. The first-order chi connectivity index (χ1) is 11.6. The van der Waals surface area contributed by atoms with Crippen LogP contribution in [0.15, 0.2) is 24.3 Å². The number of fused-ring (bicyclic) bond motifs is 2. The lowest BCUT2D eigenvalue weighted by molar-refractivity contribution is -0.122. The van der Waals surface area contributed by atoms with Crippen molar-refractivity contribution in [2.24, 2.45) is 0 Å². The van der Waals surface area contributed by atoms with Crippen LogP contribution in [0.3, 0.4) is 0 Å². The third kappa shape index (κ3) is 5.72. The number of hydrogen-bond acceptors (Lipinski definition) is 4. The molecule has 2 atom stereocenters. The van der Waals surface area contributed by atoms with Crippen LogP contribution >= 0.6 is 12.4 Å². The fraction of sp³-hybridized carbons (Fsp3) is 0.579. The summed E-state index contributed by atoms with van der Waals surface area (Å²) < 4.78 is 5.62. The van der Waals surface area contributed by atoms with Gasteiger partial charge in [-0.2, -0.15) is 0 Å².